The summed E-state index contributed by atoms with van der Waals surface area (Å²) in [5.74, 6) is -2.60. The molecule has 0 saturated carbocycles. The minimum absolute atomic E-state index is 0.0389. The second kappa shape index (κ2) is 13.6. The first kappa shape index (κ1) is 34.4. The number of nitrogens with zero attached hydrogens (tertiary/aromatic N) is 3. The standard InChI is InChI=1S/C30H29Cl4N5O6S/c1-30(13-21(38-7-2-8-38)16-39(30)46(44,45)22-11-18(31)10-19(32)12-22)29(43)37-25(28(41)42)9-17-3-5-20(6-4-17)36-27(40)26-23(33)14-35-15-24(26)34/h3-6,10-12,14-15,21,25H,2,7-9,13,16H2,1H3,(H,36,40)(H,37,43)(H,41,42)/t21-,25+,30?/m1/s1. The number of amides is 2. The van der Waals surface area contributed by atoms with Crippen LogP contribution >= 0.6 is 46.4 Å². The Morgan fingerprint density at radius 2 is 1.63 bits per heavy atom. The van der Waals surface area contributed by atoms with Crippen molar-refractivity contribution in [1.29, 1.82) is 0 Å². The molecule has 11 nitrogen and oxygen atoms in total. The third-order valence-electron chi connectivity index (χ3n) is 8.22. The van der Waals surface area contributed by atoms with Gasteiger partial charge in [-0.25, -0.2) is 13.2 Å². The molecule has 2 fully saturated rings. The van der Waals surface area contributed by atoms with E-state index < -0.39 is 39.4 Å². The van der Waals surface area contributed by atoms with Crippen molar-refractivity contribution in [2.75, 3.05) is 25.0 Å². The van der Waals surface area contributed by atoms with Crippen LogP contribution in [0.15, 0.2) is 59.8 Å². The van der Waals surface area contributed by atoms with E-state index in [9.17, 15) is 27.9 Å². The van der Waals surface area contributed by atoms with Crippen LogP contribution in [0.1, 0.15) is 35.7 Å². The second-order valence-electron chi connectivity index (χ2n) is 11.4. The Hall–Kier alpha value is -2.97. The van der Waals surface area contributed by atoms with Gasteiger partial charge in [-0.3, -0.25) is 19.5 Å². The van der Waals surface area contributed by atoms with Crippen molar-refractivity contribution >= 4 is 79.9 Å². The normalized spacial score (nSPS) is 20.9. The number of carboxylic acid groups (broad SMARTS) is 1. The van der Waals surface area contributed by atoms with Gasteiger partial charge in [-0.1, -0.05) is 58.5 Å². The highest BCUT2D eigenvalue weighted by Crippen LogP contribution is 2.39. The van der Waals surface area contributed by atoms with Gasteiger partial charge >= 0.3 is 5.97 Å². The Kier molecular flexibility index (Phi) is 10.2. The third kappa shape index (κ3) is 7.13. The lowest BCUT2D eigenvalue weighted by molar-refractivity contribution is -0.143. The zero-order valence-corrected chi connectivity index (χ0v) is 28.2. The molecule has 3 atom stereocenters. The van der Waals surface area contributed by atoms with Crippen LogP contribution in [0.2, 0.25) is 20.1 Å². The first-order valence-corrected chi connectivity index (χ1v) is 17.1. The molecule has 0 spiro atoms. The molecule has 3 N–H and O–H groups in total. The molecule has 1 unspecified atom stereocenters. The van der Waals surface area contributed by atoms with Crippen molar-refractivity contribution in [2.24, 2.45) is 0 Å². The van der Waals surface area contributed by atoms with Crippen LogP contribution in [0.4, 0.5) is 5.69 Å². The summed E-state index contributed by atoms with van der Waals surface area (Å²) in [5, 5.41) is 15.7. The number of hydrogen-bond acceptors (Lipinski definition) is 7. The van der Waals surface area contributed by atoms with E-state index in [0.717, 1.165) is 23.8 Å². The lowest BCUT2D eigenvalue weighted by Gasteiger charge is -2.36. The minimum Gasteiger partial charge on any atom is -0.480 e. The first-order chi connectivity index (χ1) is 21.7. The number of halogens is 4. The Morgan fingerprint density at radius 3 is 2.17 bits per heavy atom. The second-order valence-corrected chi connectivity index (χ2v) is 14.9. The SMILES string of the molecule is CC1(C(=O)N[C@@H](Cc2ccc(NC(=O)c3c(Cl)cncc3Cl)cc2)C(=O)O)C[C@@H](N2CCC2)CN1S(=O)(=O)c1cc(Cl)cc(Cl)c1. The number of likely N-dealkylation sites (tertiary alicyclic amines) is 1. The van der Waals surface area contributed by atoms with Gasteiger partial charge < -0.3 is 15.7 Å². The highest BCUT2D eigenvalue weighted by atomic mass is 35.5. The topological polar surface area (TPSA) is 149 Å². The average molecular weight is 729 g/mol. The van der Waals surface area contributed by atoms with E-state index in [0.29, 0.717) is 11.3 Å². The Labute approximate surface area is 285 Å². The number of carboxylic acids is 1. The number of anilines is 1. The fourth-order valence-corrected chi connectivity index (χ4v) is 8.69. The average Bonchev–Trinajstić information content (AvgIpc) is 3.30. The number of sulfonamides is 1. The van der Waals surface area contributed by atoms with Gasteiger partial charge in [0.05, 0.1) is 20.5 Å². The monoisotopic (exact) mass is 727 g/mol. The first-order valence-electron chi connectivity index (χ1n) is 14.1. The molecule has 5 rings (SSSR count). The molecule has 244 valence electrons. The maximum absolute atomic E-state index is 13.9. The summed E-state index contributed by atoms with van der Waals surface area (Å²) in [4.78, 5) is 44.7. The van der Waals surface area contributed by atoms with Gasteiger partial charge in [0, 0.05) is 47.1 Å². The van der Waals surface area contributed by atoms with Gasteiger partial charge in [-0.05, 0) is 68.8 Å². The van der Waals surface area contributed by atoms with Gasteiger partial charge in [0.15, 0.2) is 0 Å². The Bertz CT molecular complexity index is 1750. The zero-order valence-electron chi connectivity index (χ0n) is 24.3. The third-order valence-corrected chi connectivity index (χ3v) is 11.2. The van der Waals surface area contributed by atoms with E-state index in [4.69, 9.17) is 46.4 Å². The highest BCUT2D eigenvalue weighted by Gasteiger charge is 2.55. The van der Waals surface area contributed by atoms with Crippen molar-refractivity contribution in [3.05, 3.63) is 86.1 Å². The van der Waals surface area contributed by atoms with E-state index in [1.54, 1.807) is 24.3 Å². The predicted octanol–water partition coefficient (Wildman–Crippen LogP) is 4.99. The summed E-state index contributed by atoms with van der Waals surface area (Å²) in [7, 11) is -4.27. The maximum atomic E-state index is 13.9. The molecule has 46 heavy (non-hydrogen) atoms. The van der Waals surface area contributed by atoms with Crippen LogP contribution in [0, 0.1) is 0 Å². The summed E-state index contributed by atoms with van der Waals surface area (Å²) < 4.78 is 29.0. The van der Waals surface area contributed by atoms with Crippen LogP contribution < -0.4 is 10.6 Å². The number of carbonyl (C=O) groups excluding carboxylic acids is 2. The van der Waals surface area contributed by atoms with Gasteiger partial charge in [-0.15, -0.1) is 0 Å². The van der Waals surface area contributed by atoms with E-state index in [1.807, 2.05) is 0 Å². The summed E-state index contributed by atoms with van der Waals surface area (Å²) in [6, 6.07) is 8.66. The minimum atomic E-state index is -4.27. The molecule has 1 aromatic heterocycles. The lowest BCUT2D eigenvalue weighted by Crippen LogP contribution is -2.58. The number of nitrogens with one attached hydrogen (secondary N) is 2. The summed E-state index contributed by atoms with van der Waals surface area (Å²) in [6.07, 6.45) is 3.61. The van der Waals surface area contributed by atoms with Crippen molar-refractivity contribution in [3.8, 4) is 0 Å². The number of pyridine rings is 1. The molecular formula is C30H29Cl4N5O6S. The van der Waals surface area contributed by atoms with E-state index in [2.05, 4.69) is 20.5 Å². The summed E-state index contributed by atoms with van der Waals surface area (Å²) in [6.45, 7) is 3.09. The molecule has 0 radical (unpaired) electrons. The molecule has 0 aliphatic carbocycles. The van der Waals surface area contributed by atoms with Gasteiger partial charge in [-0.2, -0.15) is 4.31 Å². The fraction of sp³-hybridized carbons (Fsp3) is 0.333. The van der Waals surface area contributed by atoms with Crippen molar-refractivity contribution in [2.45, 2.75) is 48.7 Å². The molecule has 2 aliphatic heterocycles. The van der Waals surface area contributed by atoms with Crippen LogP contribution in [-0.4, -0.2) is 82.8 Å². The van der Waals surface area contributed by atoms with Gasteiger partial charge in [0.1, 0.15) is 11.6 Å². The van der Waals surface area contributed by atoms with Crippen molar-refractivity contribution in [3.63, 3.8) is 0 Å². The number of carbonyl (C=O) groups is 3. The molecule has 0 bridgehead atoms. The maximum Gasteiger partial charge on any atom is 0.326 e. The molecule has 2 aromatic carbocycles. The van der Waals surface area contributed by atoms with Crippen LogP contribution in [-0.2, 0) is 26.0 Å². The molecule has 16 heteroatoms. The van der Waals surface area contributed by atoms with Crippen LogP contribution in [0.5, 0.6) is 0 Å². The van der Waals surface area contributed by atoms with Gasteiger partial charge in [0.25, 0.3) is 5.91 Å². The Balaban J connectivity index is 1.34. The number of aromatic nitrogens is 1. The van der Waals surface area contributed by atoms with Crippen LogP contribution in [0.25, 0.3) is 0 Å². The van der Waals surface area contributed by atoms with Crippen molar-refractivity contribution < 1.29 is 27.9 Å². The fourth-order valence-electron chi connectivity index (χ4n) is 5.64. The quantitative estimate of drug-likeness (QED) is 0.265. The van der Waals surface area contributed by atoms with Gasteiger partial charge in [0.2, 0.25) is 15.9 Å². The number of rotatable bonds is 10. The molecule has 2 aliphatic rings. The van der Waals surface area contributed by atoms with E-state index >= 15 is 0 Å². The number of hydrogen-bond donors (Lipinski definition) is 3. The molecule has 2 saturated heterocycles. The Morgan fingerprint density at radius 1 is 1.02 bits per heavy atom. The number of aliphatic carboxylic acids is 1. The summed E-state index contributed by atoms with van der Waals surface area (Å²) in [5.41, 5.74) is -0.613. The molecule has 3 heterocycles. The molecule has 3 aromatic rings. The zero-order chi connectivity index (χ0) is 33.4. The largest absolute Gasteiger partial charge is 0.480 e. The van der Waals surface area contributed by atoms with E-state index in [1.165, 1.54) is 37.5 Å². The smallest absolute Gasteiger partial charge is 0.326 e. The number of benzene rings is 2. The van der Waals surface area contributed by atoms with Crippen LogP contribution in [0.3, 0.4) is 0 Å². The van der Waals surface area contributed by atoms with Crippen molar-refractivity contribution in [1.82, 2.24) is 19.5 Å². The highest BCUT2D eigenvalue weighted by molar-refractivity contribution is 7.89. The molecular weight excluding hydrogens is 700 g/mol. The summed E-state index contributed by atoms with van der Waals surface area (Å²) >= 11 is 24.3. The molecule has 2 amide bonds. The predicted molar refractivity (Wildman–Crippen MR) is 175 cm³/mol. The lowest BCUT2D eigenvalue weighted by atomic mass is 9.94. The van der Waals surface area contributed by atoms with E-state index in [-0.39, 0.29) is 56.0 Å².